The number of benzene rings is 1. The molecule has 3 rings (SSSR count). The van der Waals surface area contributed by atoms with Gasteiger partial charge in [0, 0.05) is 33.4 Å². The molecule has 0 bridgehead atoms. The largest absolute Gasteiger partial charge is 0.543 e. The van der Waals surface area contributed by atoms with Crippen molar-refractivity contribution in [3.8, 4) is 16.2 Å². The number of carbonyl (C=O) groups is 1. The predicted octanol–water partition coefficient (Wildman–Crippen LogP) is 6.46. The number of alkyl halides is 3. The van der Waals surface area contributed by atoms with Gasteiger partial charge in [-0.2, -0.15) is 13.2 Å². The van der Waals surface area contributed by atoms with Crippen LogP contribution in [0.25, 0.3) is 16.5 Å². The maximum atomic E-state index is 12.9. The summed E-state index contributed by atoms with van der Waals surface area (Å²) in [6.45, 7) is 10.5. The minimum absolute atomic E-state index is 0.0575. The highest BCUT2D eigenvalue weighted by atomic mass is 32.2. The van der Waals surface area contributed by atoms with Crippen molar-refractivity contribution in [2.45, 2.75) is 50.8 Å². The molecule has 0 N–H and O–H groups in total. The van der Waals surface area contributed by atoms with E-state index in [1.165, 1.54) is 0 Å². The van der Waals surface area contributed by atoms with Crippen molar-refractivity contribution in [1.29, 1.82) is 0 Å². The van der Waals surface area contributed by atoms with E-state index >= 15 is 0 Å². The summed E-state index contributed by atoms with van der Waals surface area (Å²) in [5.74, 6) is -0.103. The number of ketones is 1. The van der Waals surface area contributed by atoms with Crippen LogP contribution in [0.15, 0.2) is 29.2 Å². The molecule has 0 unspecified atom stereocenters. The lowest BCUT2D eigenvalue weighted by molar-refractivity contribution is -0.0426. The predicted molar refractivity (Wildman–Crippen MR) is 118 cm³/mol. The molecule has 0 aliphatic heterocycles. The van der Waals surface area contributed by atoms with Crippen LogP contribution in [-0.4, -0.2) is 28.0 Å². The van der Waals surface area contributed by atoms with Crippen molar-refractivity contribution in [3.63, 3.8) is 0 Å². The van der Waals surface area contributed by atoms with Crippen LogP contribution in [0.1, 0.15) is 42.4 Å². The Morgan fingerprint density at radius 2 is 1.74 bits per heavy atom. The first kappa shape index (κ1) is 23.7. The summed E-state index contributed by atoms with van der Waals surface area (Å²) in [6.07, 6.45) is 0.102. The molecular formula is C21H22F3O4S2Si. The number of hydrogen-bond acceptors (Lipinski definition) is 5. The van der Waals surface area contributed by atoms with E-state index in [1.54, 1.807) is 18.2 Å². The molecule has 0 amide bonds. The molecule has 1 aliphatic carbocycles. The summed E-state index contributed by atoms with van der Waals surface area (Å²) >= 11 is 1.02. The Hall–Kier alpha value is -1.91. The van der Waals surface area contributed by atoms with Crippen LogP contribution >= 0.6 is 11.3 Å². The molecule has 2 aromatic rings. The lowest BCUT2D eigenvalue weighted by atomic mass is 10.0. The number of allylic oxidation sites excluding steroid dienone is 1. The second-order valence-corrected chi connectivity index (χ2v) is 16.6. The Labute approximate surface area is 184 Å². The average Bonchev–Trinajstić information content (AvgIpc) is 3.04. The number of halogens is 3. The van der Waals surface area contributed by atoms with Crippen LogP contribution in [0.2, 0.25) is 18.1 Å². The van der Waals surface area contributed by atoms with Crippen LogP contribution in [0.4, 0.5) is 13.2 Å². The fourth-order valence-electron chi connectivity index (χ4n) is 2.73. The number of carbonyl (C=O) groups excluding carboxylic acids is 1. The third kappa shape index (κ3) is 4.38. The van der Waals surface area contributed by atoms with E-state index in [0.29, 0.717) is 16.2 Å². The summed E-state index contributed by atoms with van der Waals surface area (Å²) < 4.78 is 68.8. The molecule has 4 nitrogen and oxygen atoms in total. The lowest BCUT2D eigenvalue weighted by Crippen LogP contribution is -2.43. The van der Waals surface area contributed by atoms with Gasteiger partial charge in [0.05, 0.1) is 4.91 Å². The number of thiophene rings is 1. The number of Topliss-reactive ketones (excluding diaryl/α,β-unsaturated/α-hetero) is 1. The van der Waals surface area contributed by atoms with E-state index in [2.05, 4.69) is 39.9 Å². The van der Waals surface area contributed by atoms with E-state index in [1.807, 2.05) is 6.07 Å². The number of sulfone groups is 1. The van der Waals surface area contributed by atoms with Crippen LogP contribution in [0.5, 0.6) is 5.75 Å². The third-order valence-corrected chi connectivity index (χ3v) is 12.5. The highest BCUT2D eigenvalue weighted by Crippen LogP contribution is 2.44. The van der Waals surface area contributed by atoms with Gasteiger partial charge in [-0.15, -0.1) is 11.3 Å². The van der Waals surface area contributed by atoms with Gasteiger partial charge in [0.15, 0.2) is 5.78 Å². The Morgan fingerprint density at radius 1 is 1.13 bits per heavy atom. The van der Waals surface area contributed by atoms with E-state index < -0.39 is 40.8 Å². The van der Waals surface area contributed by atoms with Crippen LogP contribution < -0.4 is 4.43 Å². The van der Waals surface area contributed by atoms with E-state index in [-0.39, 0.29) is 15.5 Å². The fraction of sp³-hybridized carbons (Fsp3) is 0.381. The molecule has 31 heavy (non-hydrogen) atoms. The molecule has 1 radical (unpaired) electrons. The van der Waals surface area contributed by atoms with Gasteiger partial charge >= 0.3 is 5.51 Å². The normalized spacial score (nSPS) is 15.5. The van der Waals surface area contributed by atoms with Gasteiger partial charge in [0.1, 0.15) is 5.75 Å². The Balaban J connectivity index is 2.07. The van der Waals surface area contributed by atoms with Gasteiger partial charge < -0.3 is 4.43 Å². The van der Waals surface area contributed by atoms with Gasteiger partial charge in [0.25, 0.3) is 18.2 Å². The summed E-state index contributed by atoms with van der Waals surface area (Å²) in [6, 6.07) is 10.2. The van der Waals surface area contributed by atoms with Gasteiger partial charge in [-0.05, 0) is 36.3 Å². The van der Waals surface area contributed by atoms with Gasteiger partial charge in [-0.3, -0.25) is 4.79 Å². The quantitative estimate of drug-likeness (QED) is 0.464. The number of hydrogen-bond donors (Lipinski definition) is 0. The standard InChI is InChI=1S/C21H22F3O4S2Si/c1-20(2,3)31(4,5)28-17-9-7-6-8-14(17)19-12-15-16(25)10-13(11-18(15)29-19)30(26,27)21(22,23)24/h6-9,11H,10H2,1-5H3. The van der Waals surface area contributed by atoms with E-state index in [4.69, 9.17) is 4.43 Å². The zero-order chi connectivity index (χ0) is 23.4. The zero-order valence-electron chi connectivity index (χ0n) is 17.7. The van der Waals surface area contributed by atoms with E-state index in [0.717, 1.165) is 17.4 Å². The Morgan fingerprint density at radius 3 is 2.32 bits per heavy atom. The van der Waals surface area contributed by atoms with Gasteiger partial charge in [-0.1, -0.05) is 32.9 Å². The molecule has 1 aromatic heterocycles. The van der Waals surface area contributed by atoms with Crippen molar-refractivity contribution in [3.05, 3.63) is 45.7 Å². The first-order valence-electron chi connectivity index (χ1n) is 9.44. The van der Waals surface area contributed by atoms with Crippen molar-refractivity contribution in [2.75, 3.05) is 0 Å². The maximum Gasteiger partial charge on any atom is 0.501 e. The summed E-state index contributed by atoms with van der Waals surface area (Å²) in [5.41, 5.74) is -4.69. The summed E-state index contributed by atoms with van der Waals surface area (Å²) in [4.78, 5) is 12.2. The lowest BCUT2D eigenvalue weighted by Gasteiger charge is -2.37. The van der Waals surface area contributed by atoms with E-state index in [9.17, 15) is 26.4 Å². The zero-order valence-corrected chi connectivity index (χ0v) is 20.3. The van der Waals surface area contributed by atoms with Crippen molar-refractivity contribution in [1.82, 2.24) is 0 Å². The van der Waals surface area contributed by atoms with Crippen LogP contribution in [0.3, 0.4) is 0 Å². The second kappa shape index (κ2) is 7.60. The van der Waals surface area contributed by atoms with Gasteiger partial charge in [0.2, 0.25) is 0 Å². The molecule has 1 aliphatic rings. The molecular weight excluding hydrogens is 465 g/mol. The van der Waals surface area contributed by atoms with Crippen LogP contribution in [0, 0.1) is 6.07 Å². The summed E-state index contributed by atoms with van der Waals surface area (Å²) in [7, 11) is -7.75. The molecule has 0 fully saturated rings. The highest BCUT2D eigenvalue weighted by molar-refractivity contribution is 7.96. The Bertz CT molecular complexity index is 1170. The Kier molecular flexibility index (Phi) is 5.82. The third-order valence-electron chi connectivity index (χ3n) is 5.56. The van der Waals surface area contributed by atoms with Crippen molar-refractivity contribution < 1.29 is 30.8 Å². The van der Waals surface area contributed by atoms with Crippen LogP contribution in [-0.2, 0) is 9.84 Å². The molecule has 0 saturated heterocycles. The monoisotopic (exact) mass is 487 g/mol. The second-order valence-electron chi connectivity index (χ2n) is 8.81. The first-order chi connectivity index (χ1) is 14.0. The number of rotatable bonds is 4. The highest BCUT2D eigenvalue weighted by Gasteiger charge is 2.49. The average molecular weight is 488 g/mol. The fourth-order valence-corrected chi connectivity index (χ4v) is 5.85. The molecule has 0 atom stereocenters. The molecule has 167 valence electrons. The van der Waals surface area contributed by atoms with Crippen molar-refractivity contribution >= 4 is 41.4 Å². The molecule has 0 spiro atoms. The topological polar surface area (TPSA) is 60.4 Å². The number of para-hydroxylation sites is 1. The smallest absolute Gasteiger partial charge is 0.501 e. The van der Waals surface area contributed by atoms with Crippen molar-refractivity contribution in [2.24, 2.45) is 0 Å². The summed E-state index contributed by atoms with van der Waals surface area (Å²) in [5, 5.41) is -0.0575. The minimum atomic E-state index is -5.57. The minimum Gasteiger partial charge on any atom is -0.543 e. The molecule has 0 saturated carbocycles. The SMILES string of the molecule is CC(C)(C)[Si](C)(C)Oc1ccccc1-c1[c]c2c(s1)C=C(S(=O)(=O)C(F)(F)F)CC2=O. The molecule has 10 heteroatoms. The maximum absolute atomic E-state index is 12.9. The first-order valence-corrected chi connectivity index (χ1v) is 14.6. The number of fused-ring (bicyclic) bond motifs is 1. The molecule has 1 aromatic carbocycles. The van der Waals surface area contributed by atoms with Gasteiger partial charge in [-0.25, -0.2) is 8.42 Å². The molecule has 1 heterocycles.